The smallest absolute Gasteiger partial charge is 0.287 e. The molecule has 1 saturated carbocycles. The molecule has 3 N–H and O–H groups in total. The summed E-state index contributed by atoms with van der Waals surface area (Å²) in [6, 6.07) is 5.19. The van der Waals surface area contributed by atoms with Crippen LogP contribution in [0.4, 0.5) is 0 Å². The van der Waals surface area contributed by atoms with Gasteiger partial charge >= 0.3 is 0 Å². The molecule has 1 aliphatic carbocycles. The van der Waals surface area contributed by atoms with Crippen molar-refractivity contribution in [1.29, 1.82) is 0 Å². The number of amides is 2. The molecule has 9 heteroatoms. The van der Waals surface area contributed by atoms with E-state index in [-0.39, 0.29) is 17.2 Å². The first-order valence-corrected chi connectivity index (χ1v) is 8.44. The summed E-state index contributed by atoms with van der Waals surface area (Å²) < 4.78 is 4.69. The van der Waals surface area contributed by atoms with Gasteiger partial charge in [-0.3, -0.25) is 9.59 Å². The van der Waals surface area contributed by atoms with Crippen molar-refractivity contribution in [2.45, 2.75) is 19.3 Å². The van der Waals surface area contributed by atoms with Crippen molar-refractivity contribution in [2.75, 3.05) is 13.1 Å². The van der Waals surface area contributed by atoms with Gasteiger partial charge in [0.2, 0.25) is 0 Å². The van der Waals surface area contributed by atoms with Crippen LogP contribution in [-0.4, -0.2) is 45.2 Å². The van der Waals surface area contributed by atoms with Crippen molar-refractivity contribution in [3.8, 4) is 0 Å². The van der Waals surface area contributed by atoms with Crippen LogP contribution in [0.25, 0.3) is 11.0 Å². The van der Waals surface area contributed by atoms with Gasteiger partial charge in [0.15, 0.2) is 5.82 Å². The fraction of sp³-hybridized carbons (Fsp3) is 0.353. The maximum absolute atomic E-state index is 12.5. The number of hydrogen-bond acceptors (Lipinski definition) is 6. The zero-order valence-electron chi connectivity index (χ0n) is 14.0. The molecule has 0 saturated heterocycles. The van der Waals surface area contributed by atoms with Gasteiger partial charge in [-0.15, -0.1) is 0 Å². The van der Waals surface area contributed by atoms with E-state index in [0.29, 0.717) is 35.5 Å². The van der Waals surface area contributed by atoms with Crippen LogP contribution in [0.15, 0.2) is 35.2 Å². The molecule has 0 bridgehead atoms. The van der Waals surface area contributed by atoms with Crippen LogP contribution in [0.1, 0.15) is 40.2 Å². The molecule has 2 aromatic heterocycles. The van der Waals surface area contributed by atoms with Crippen molar-refractivity contribution in [3.63, 3.8) is 0 Å². The highest BCUT2D eigenvalue weighted by Gasteiger charge is 2.42. The van der Waals surface area contributed by atoms with E-state index < -0.39 is 0 Å². The molecule has 1 aliphatic rings. The van der Waals surface area contributed by atoms with E-state index in [1.807, 2.05) is 0 Å². The van der Waals surface area contributed by atoms with Crippen LogP contribution in [0, 0.1) is 5.41 Å². The average molecular weight is 354 g/mol. The van der Waals surface area contributed by atoms with Gasteiger partial charge in [-0.05, 0) is 47.1 Å². The van der Waals surface area contributed by atoms with Crippen LogP contribution < -0.4 is 10.6 Å². The van der Waals surface area contributed by atoms with Crippen molar-refractivity contribution in [2.24, 2.45) is 5.41 Å². The Kier molecular flexibility index (Phi) is 4.11. The van der Waals surface area contributed by atoms with Gasteiger partial charge in [-0.2, -0.15) is 0 Å². The second-order valence-electron chi connectivity index (χ2n) is 6.56. The quantitative estimate of drug-likeness (QED) is 0.587. The van der Waals surface area contributed by atoms with E-state index in [0.717, 1.165) is 19.3 Å². The number of aromatic amines is 1. The summed E-state index contributed by atoms with van der Waals surface area (Å²) in [6.07, 6.45) is 6.00. The van der Waals surface area contributed by atoms with Gasteiger partial charge < -0.3 is 15.6 Å². The Bertz CT molecular complexity index is 929. The van der Waals surface area contributed by atoms with E-state index >= 15 is 0 Å². The predicted octanol–water partition coefficient (Wildman–Crippen LogP) is 1.28. The number of nitrogens with zero attached hydrogens (tertiary/aromatic N) is 3. The van der Waals surface area contributed by atoms with E-state index in [1.54, 1.807) is 24.4 Å². The van der Waals surface area contributed by atoms with Crippen molar-refractivity contribution in [1.82, 2.24) is 30.9 Å². The van der Waals surface area contributed by atoms with Gasteiger partial charge in [0, 0.05) is 25.5 Å². The molecule has 0 aliphatic heterocycles. The molecular weight excluding hydrogens is 336 g/mol. The van der Waals surface area contributed by atoms with E-state index in [2.05, 4.69) is 30.9 Å². The number of H-pyrrole nitrogens is 1. The number of nitrogens with one attached hydrogen (secondary N) is 3. The fourth-order valence-corrected chi connectivity index (χ4v) is 2.96. The lowest BCUT2D eigenvalue weighted by Crippen LogP contribution is -2.33. The molecule has 0 radical (unpaired) electrons. The van der Waals surface area contributed by atoms with Crippen molar-refractivity contribution >= 4 is 22.8 Å². The minimum Gasteiger partial charge on any atom is -0.351 e. The number of fused-ring (bicyclic) bond motifs is 1. The Morgan fingerprint density at radius 3 is 2.85 bits per heavy atom. The number of hydrogen-bond donors (Lipinski definition) is 3. The van der Waals surface area contributed by atoms with Gasteiger partial charge in [-0.1, -0.05) is 6.07 Å². The molecule has 0 spiro atoms. The first-order chi connectivity index (χ1) is 12.7. The molecule has 134 valence electrons. The van der Waals surface area contributed by atoms with Gasteiger partial charge in [0.05, 0.1) is 5.56 Å². The monoisotopic (exact) mass is 354 g/mol. The Labute approximate surface area is 148 Å². The lowest BCUT2D eigenvalue weighted by Gasteiger charge is -2.16. The Morgan fingerprint density at radius 2 is 2.08 bits per heavy atom. The van der Waals surface area contributed by atoms with Crippen LogP contribution in [-0.2, 0) is 0 Å². The zero-order valence-corrected chi connectivity index (χ0v) is 14.0. The number of aromatic nitrogens is 4. The van der Waals surface area contributed by atoms with E-state index in [4.69, 9.17) is 4.63 Å². The third-order valence-electron chi connectivity index (χ3n) is 4.77. The maximum atomic E-state index is 12.5. The van der Waals surface area contributed by atoms with Crippen LogP contribution in [0.2, 0.25) is 0 Å². The summed E-state index contributed by atoms with van der Waals surface area (Å²) >= 11 is 0. The van der Waals surface area contributed by atoms with E-state index in [9.17, 15) is 9.59 Å². The number of benzene rings is 1. The molecule has 1 aromatic carbocycles. The van der Waals surface area contributed by atoms with Gasteiger partial charge in [0.1, 0.15) is 11.0 Å². The summed E-state index contributed by atoms with van der Waals surface area (Å²) in [5.41, 5.74) is 1.51. The second-order valence-corrected chi connectivity index (χ2v) is 6.56. The lowest BCUT2D eigenvalue weighted by molar-refractivity contribution is 0.0925. The highest BCUT2D eigenvalue weighted by Crippen LogP contribution is 2.47. The van der Waals surface area contributed by atoms with Crippen LogP contribution >= 0.6 is 0 Å². The molecule has 0 atom stereocenters. The Morgan fingerprint density at radius 1 is 1.19 bits per heavy atom. The third kappa shape index (κ3) is 3.28. The van der Waals surface area contributed by atoms with Crippen LogP contribution in [0.5, 0.6) is 0 Å². The topological polar surface area (TPSA) is 126 Å². The summed E-state index contributed by atoms with van der Waals surface area (Å²) in [5, 5.41) is 13.4. The van der Waals surface area contributed by atoms with Gasteiger partial charge in [0.25, 0.3) is 11.8 Å². The molecule has 1 fully saturated rings. The summed E-state index contributed by atoms with van der Waals surface area (Å²) in [7, 11) is 0. The minimum atomic E-state index is -0.222. The average Bonchev–Trinajstić information content (AvgIpc) is 3.07. The Balaban J connectivity index is 1.29. The number of rotatable bonds is 7. The molecule has 2 amide bonds. The summed E-state index contributed by atoms with van der Waals surface area (Å²) in [4.78, 5) is 31.0. The maximum Gasteiger partial charge on any atom is 0.287 e. The molecule has 0 unspecified atom stereocenters. The highest BCUT2D eigenvalue weighted by molar-refractivity contribution is 6.04. The van der Waals surface area contributed by atoms with Gasteiger partial charge in [-0.25, -0.2) is 9.61 Å². The third-order valence-corrected chi connectivity index (χ3v) is 4.77. The molecule has 26 heavy (non-hydrogen) atoms. The fourth-order valence-electron chi connectivity index (χ4n) is 2.96. The first kappa shape index (κ1) is 16.2. The molecule has 9 nitrogen and oxygen atoms in total. The lowest BCUT2D eigenvalue weighted by atomic mass is 10.0. The number of carbonyl (C=O) groups is 2. The number of imidazole rings is 1. The highest BCUT2D eigenvalue weighted by atomic mass is 16.6. The van der Waals surface area contributed by atoms with Crippen molar-refractivity contribution < 1.29 is 14.2 Å². The second kappa shape index (κ2) is 6.58. The predicted molar refractivity (Wildman–Crippen MR) is 91.3 cm³/mol. The molecule has 3 aromatic rings. The Hall–Kier alpha value is -3.23. The van der Waals surface area contributed by atoms with Crippen molar-refractivity contribution in [3.05, 3.63) is 42.0 Å². The summed E-state index contributed by atoms with van der Waals surface area (Å²) in [5.74, 6) is -0.116. The standard InChI is InChI=1S/C17H18N6O3/c24-15(11-2-1-3-12-13(11)23-26-22-12)21-10-17(4-5-17)6-7-20-16(25)14-18-8-9-19-14/h1-3,8-9H,4-7,10H2,(H,18,19)(H,20,25)(H,21,24). The molecular formula is C17H18N6O3. The normalized spacial score (nSPS) is 14.9. The summed E-state index contributed by atoms with van der Waals surface area (Å²) in [6.45, 7) is 1.10. The SMILES string of the molecule is O=C(NCCC1(CNC(=O)c2cccc3nonc23)CC1)c1ncc[nH]1. The largest absolute Gasteiger partial charge is 0.351 e. The number of carbonyl (C=O) groups excluding carboxylic acids is 2. The minimum absolute atomic E-state index is 0.0437. The zero-order chi connectivity index (χ0) is 18.0. The van der Waals surface area contributed by atoms with Crippen LogP contribution in [0.3, 0.4) is 0 Å². The molecule has 4 rings (SSSR count). The van der Waals surface area contributed by atoms with E-state index in [1.165, 1.54) is 6.20 Å². The first-order valence-electron chi connectivity index (χ1n) is 8.44. The molecule has 2 heterocycles.